The summed E-state index contributed by atoms with van der Waals surface area (Å²) in [5, 5.41) is 18.6. The van der Waals surface area contributed by atoms with Crippen LogP contribution in [-0.2, 0) is 9.59 Å². The Morgan fingerprint density at radius 3 is 2.88 bits per heavy atom. The van der Waals surface area contributed by atoms with Gasteiger partial charge in [-0.2, -0.15) is 0 Å². The molecule has 134 valence electrons. The van der Waals surface area contributed by atoms with E-state index in [1.54, 1.807) is 6.08 Å². The molecule has 0 heterocycles. The Bertz CT molecular complexity index is 498. The number of hydrogen-bond donors (Lipinski definition) is 2. The first-order valence-corrected chi connectivity index (χ1v) is 9.05. The summed E-state index contributed by atoms with van der Waals surface area (Å²) in [6, 6.07) is 0. The fourth-order valence-corrected chi connectivity index (χ4v) is 3.02. The smallest absolute Gasteiger partial charge is 0.307 e. The number of allylic oxidation sites excluding steroid dienone is 2. The molecular weight excluding hydrogens is 304 g/mol. The third kappa shape index (κ3) is 8.28. The summed E-state index contributed by atoms with van der Waals surface area (Å²) in [7, 11) is 0. The molecule has 0 fully saturated rings. The van der Waals surface area contributed by atoms with E-state index in [4.69, 9.17) is 5.11 Å². The first kappa shape index (κ1) is 20.4. The van der Waals surface area contributed by atoms with Crippen molar-refractivity contribution in [2.24, 2.45) is 5.92 Å². The van der Waals surface area contributed by atoms with Crippen LogP contribution >= 0.6 is 0 Å². The molecule has 2 N–H and O–H groups in total. The van der Waals surface area contributed by atoms with Crippen LogP contribution in [0.1, 0.15) is 71.1 Å². The molecule has 1 unspecified atom stereocenters. The first-order chi connectivity index (χ1) is 11.5. The summed E-state index contributed by atoms with van der Waals surface area (Å²) in [5.41, 5.74) is 4.01. The number of unbranched alkanes of at least 4 members (excludes halogenated alkanes) is 2. The lowest BCUT2D eigenvalue weighted by Crippen LogP contribution is -2.13. The molecule has 4 nitrogen and oxygen atoms in total. The molecule has 1 aliphatic rings. The molecule has 0 spiro atoms. The largest absolute Gasteiger partial charge is 0.481 e. The molecule has 1 rings (SSSR count). The van der Waals surface area contributed by atoms with Crippen LogP contribution in [0.3, 0.4) is 0 Å². The Balaban J connectivity index is 2.35. The number of aliphatic carboxylic acids is 1. The van der Waals surface area contributed by atoms with E-state index in [0.29, 0.717) is 12.8 Å². The number of aliphatic hydroxyl groups excluding tert-OH is 1. The number of carboxylic acids is 1. The van der Waals surface area contributed by atoms with Gasteiger partial charge in [-0.3, -0.25) is 9.59 Å². The van der Waals surface area contributed by atoms with Crippen LogP contribution in [0.2, 0.25) is 0 Å². The standard InChI is InChI=1S/C20H30O4/c1-2-3-6-9-17(21)14-12-16-13-15-19(22)18(16)10-7-4-5-8-11-20(23)24/h4,8,13,17-18,21H,2-3,6-7,9-12,14-15H2,1H3,(H,23,24)/t5?,17?,18-/m1/s1. The highest BCUT2D eigenvalue weighted by molar-refractivity contribution is 5.88. The van der Waals surface area contributed by atoms with Gasteiger partial charge in [0.2, 0.25) is 0 Å². The van der Waals surface area contributed by atoms with Crippen LogP contribution < -0.4 is 0 Å². The highest BCUT2D eigenvalue weighted by Crippen LogP contribution is 2.31. The second-order valence-corrected chi connectivity index (χ2v) is 6.44. The van der Waals surface area contributed by atoms with E-state index in [1.807, 2.05) is 6.08 Å². The zero-order valence-corrected chi connectivity index (χ0v) is 14.7. The third-order valence-corrected chi connectivity index (χ3v) is 4.42. The van der Waals surface area contributed by atoms with Crippen molar-refractivity contribution in [3.05, 3.63) is 29.5 Å². The maximum atomic E-state index is 12.0. The molecule has 24 heavy (non-hydrogen) atoms. The molecule has 0 aromatic rings. The average molecular weight is 334 g/mol. The fraction of sp³-hybridized carbons (Fsp3) is 0.650. The summed E-state index contributed by atoms with van der Waals surface area (Å²) in [6.07, 6.45) is 12.7. The van der Waals surface area contributed by atoms with Crippen LogP contribution in [-0.4, -0.2) is 28.1 Å². The Kier molecular flexibility index (Phi) is 10.1. The molecular formula is C20H30O4. The summed E-state index contributed by atoms with van der Waals surface area (Å²) >= 11 is 0. The van der Waals surface area contributed by atoms with E-state index in [1.165, 1.54) is 6.08 Å². The number of carbonyl (C=O) groups is 2. The number of carboxylic acid groups (broad SMARTS) is 1. The Morgan fingerprint density at radius 2 is 2.17 bits per heavy atom. The maximum Gasteiger partial charge on any atom is 0.307 e. The lowest BCUT2D eigenvalue weighted by atomic mass is 9.91. The van der Waals surface area contributed by atoms with Crippen molar-refractivity contribution >= 4 is 11.8 Å². The van der Waals surface area contributed by atoms with Crippen molar-refractivity contribution in [2.45, 2.75) is 77.2 Å². The monoisotopic (exact) mass is 334 g/mol. The van der Waals surface area contributed by atoms with E-state index in [-0.39, 0.29) is 24.2 Å². The van der Waals surface area contributed by atoms with Crippen LogP contribution in [0, 0.1) is 5.92 Å². The summed E-state index contributed by atoms with van der Waals surface area (Å²) < 4.78 is 0. The van der Waals surface area contributed by atoms with Crippen LogP contribution in [0.25, 0.3) is 0 Å². The summed E-state index contributed by atoms with van der Waals surface area (Å²) in [6.45, 7) is 2.15. The van der Waals surface area contributed by atoms with Gasteiger partial charge in [0.25, 0.3) is 0 Å². The van der Waals surface area contributed by atoms with Gasteiger partial charge in [0.15, 0.2) is 0 Å². The van der Waals surface area contributed by atoms with Crippen molar-refractivity contribution in [3.63, 3.8) is 0 Å². The van der Waals surface area contributed by atoms with Gasteiger partial charge in [0, 0.05) is 12.3 Å². The van der Waals surface area contributed by atoms with Gasteiger partial charge in [0.1, 0.15) is 5.78 Å². The molecule has 0 aromatic heterocycles. The molecule has 4 heteroatoms. The average Bonchev–Trinajstić information content (AvgIpc) is 2.89. The second-order valence-electron chi connectivity index (χ2n) is 6.44. The lowest BCUT2D eigenvalue weighted by Gasteiger charge is -2.15. The number of hydrogen-bond acceptors (Lipinski definition) is 3. The molecule has 0 aromatic carbocycles. The minimum atomic E-state index is -0.871. The van der Waals surface area contributed by atoms with Crippen molar-refractivity contribution in [1.29, 1.82) is 0 Å². The van der Waals surface area contributed by atoms with Gasteiger partial charge in [-0.1, -0.05) is 37.8 Å². The van der Waals surface area contributed by atoms with Gasteiger partial charge in [-0.15, -0.1) is 5.73 Å². The normalized spacial score (nSPS) is 18.0. The predicted octanol–water partition coefficient (Wildman–Crippen LogP) is 4.19. The van der Waals surface area contributed by atoms with Gasteiger partial charge < -0.3 is 10.2 Å². The SMILES string of the molecule is CCCCCC(O)CCC1=CCC(=O)[C@@H]1CCC=C=CCC(=O)O. The second kappa shape index (κ2) is 11.8. The number of Topliss-reactive ketones (excluding diaryl/α,β-unsaturated/α-hetero) is 1. The summed E-state index contributed by atoms with van der Waals surface area (Å²) in [4.78, 5) is 22.4. The van der Waals surface area contributed by atoms with Crippen molar-refractivity contribution < 1.29 is 19.8 Å². The highest BCUT2D eigenvalue weighted by atomic mass is 16.4. The van der Waals surface area contributed by atoms with Crippen molar-refractivity contribution in [2.75, 3.05) is 0 Å². The molecule has 0 saturated heterocycles. The van der Waals surface area contributed by atoms with Gasteiger partial charge in [-0.05, 0) is 44.3 Å². The topological polar surface area (TPSA) is 74.6 Å². The highest BCUT2D eigenvalue weighted by Gasteiger charge is 2.26. The van der Waals surface area contributed by atoms with E-state index < -0.39 is 5.97 Å². The van der Waals surface area contributed by atoms with Gasteiger partial charge in [-0.25, -0.2) is 0 Å². The van der Waals surface area contributed by atoms with Crippen molar-refractivity contribution in [3.8, 4) is 0 Å². The van der Waals surface area contributed by atoms with Crippen molar-refractivity contribution in [1.82, 2.24) is 0 Å². The lowest BCUT2D eigenvalue weighted by molar-refractivity contribution is -0.136. The Morgan fingerprint density at radius 1 is 1.38 bits per heavy atom. The number of carbonyl (C=O) groups excluding carboxylic acids is 1. The fourth-order valence-electron chi connectivity index (χ4n) is 3.02. The third-order valence-electron chi connectivity index (χ3n) is 4.42. The maximum absolute atomic E-state index is 12.0. The number of ketones is 1. The van der Waals surface area contributed by atoms with E-state index >= 15 is 0 Å². The zero-order valence-electron chi connectivity index (χ0n) is 14.7. The van der Waals surface area contributed by atoms with E-state index in [0.717, 1.165) is 50.5 Å². The van der Waals surface area contributed by atoms with Crippen LogP contribution in [0.5, 0.6) is 0 Å². The number of aliphatic hydroxyl groups is 1. The molecule has 2 atom stereocenters. The molecule has 0 radical (unpaired) electrons. The molecule has 0 bridgehead atoms. The van der Waals surface area contributed by atoms with Crippen LogP contribution in [0.15, 0.2) is 29.5 Å². The number of rotatable bonds is 12. The van der Waals surface area contributed by atoms with Gasteiger partial charge >= 0.3 is 5.97 Å². The van der Waals surface area contributed by atoms with Crippen LogP contribution in [0.4, 0.5) is 0 Å². The minimum absolute atomic E-state index is 0.0278. The molecule has 0 saturated carbocycles. The minimum Gasteiger partial charge on any atom is -0.481 e. The molecule has 0 amide bonds. The van der Waals surface area contributed by atoms with E-state index in [9.17, 15) is 14.7 Å². The zero-order chi connectivity index (χ0) is 17.8. The van der Waals surface area contributed by atoms with Gasteiger partial charge in [0.05, 0.1) is 12.5 Å². The first-order valence-electron chi connectivity index (χ1n) is 9.05. The quantitative estimate of drug-likeness (QED) is 0.319. The predicted molar refractivity (Wildman–Crippen MR) is 94.7 cm³/mol. The Hall–Kier alpha value is -1.64. The summed E-state index contributed by atoms with van der Waals surface area (Å²) in [5.74, 6) is -0.650. The Labute approximate surface area is 145 Å². The molecule has 0 aliphatic heterocycles. The van der Waals surface area contributed by atoms with E-state index in [2.05, 4.69) is 12.7 Å². The molecule has 1 aliphatic carbocycles.